The van der Waals surface area contributed by atoms with Crippen LogP contribution in [0.2, 0.25) is 0 Å². The van der Waals surface area contributed by atoms with Gasteiger partial charge in [0.2, 0.25) is 0 Å². The van der Waals surface area contributed by atoms with Gasteiger partial charge in [-0.05, 0) is 80.9 Å². The number of rotatable bonds is 7. The predicted octanol–water partition coefficient (Wildman–Crippen LogP) is 14.9. The Bertz CT molecular complexity index is 2880. The number of nitrogens with zero attached hydrogens (tertiary/aromatic N) is 1. The summed E-state index contributed by atoms with van der Waals surface area (Å²) >= 11 is 0. The molecular formula is C52H35NO. The van der Waals surface area contributed by atoms with Crippen molar-refractivity contribution in [1.82, 2.24) is 0 Å². The van der Waals surface area contributed by atoms with E-state index in [4.69, 9.17) is 4.42 Å². The van der Waals surface area contributed by atoms with Crippen molar-refractivity contribution in [3.05, 3.63) is 212 Å². The van der Waals surface area contributed by atoms with Gasteiger partial charge in [-0.3, -0.25) is 0 Å². The summed E-state index contributed by atoms with van der Waals surface area (Å²) in [6.45, 7) is 0. The van der Waals surface area contributed by atoms with Gasteiger partial charge >= 0.3 is 0 Å². The molecule has 9 aromatic carbocycles. The first kappa shape index (κ1) is 31.6. The number of fused-ring (bicyclic) bond motifs is 5. The van der Waals surface area contributed by atoms with E-state index in [0.717, 1.165) is 60.9 Å². The SMILES string of the molecule is c1ccc(-c2ccc(-c3ccc(N(c4ccccc4)c4cc5c(oc6cccc(-c7ccc(-c8ccccc8)cc7)c65)c5ccccc45)cc3)cc2)cc1. The van der Waals surface area contributed by atoms with Gasteiger partial charge < -0.3 is 9.32 Å². The average molecular weight is 690 g/mol. The normalized spacial score (nSPS) is 11.3. The number of furan rings is 1. The fourth-order valence-electron chi connectivity index (χ4n) is 7.82. The summed E-state index contributed by atoms with van der Waals surface area (Å²) in [6.07, 6.45) is 0. The van der Waals surface area contributed by atoms with E-state index < -0.39 is 0 Å². The fourth-order valence-corrected chi connectivity index (χ4v) is 7.82. The average Bonchev–Trinajstić information content (AvgIpc) is 3.64. The first-order chi connectivity index (χ1) is 26.8. The van der Waals surface area contributed by atoms with Gasteiger partial charge in [-0.1, -0.05) is 176 Å². The maximum absolute atomic E-state index is 6.75. The van der Waals surface area contributed by atoms with Crippen LogP contribution < -0.4 is 4.90 Å². The number of hydrogen-bond donors (Lipinski definition) is 0. The van der Waals surface area contributed by atoms with Crippen LogP contribution in [-0.4, -0.2) is 0 Å². The van der Waals surface area contributed by atoms with Gasteiger partial charge in [-0.25, -0.2) is 0 Å². The number of benzene rings is 9. The van der Waals surface area contributed by atoms with Gasteiger partial charge in [0.15, 0.2) is 0 Å². The van der Waals surface area contributed by atoms with E-state index in [1.165, 1.54) is 33.4 Å². The van der Waals surface area contributed by atoms with Crippen molar-refractivity contribution >= 4 is 49.8 Å². The summed E-state index contributed by atoms with van der Waals surface area (Å²) in [6, 6.07) is 75.7. The van der Waals surface area contributed by atoms with Gasteiger partial charge in [0, 0.05) is 32.9 Å². The third-order valence-electron chi connectivity index (χ3n) is 10.5. The van der Waals surface area contributed by atoms with Crippen LogP contribution in [0.4, 0.5) is 17.1 Å². The summed E-state index contributed by atoms with van der Waals surface area (Å²) in [5.41, 5.74) is 14.6. The van der Waals surface area contributed by atoms with Gasteiger partial charge in [-0.2, -0.15) is 0 Å². The van der Waals surface area contributed by atoms with Gasteiger partial charge in [0.25, 0.3) is 0 Å². The molecule has 0 amide bonds. The molecule has 2 heteroatoms. The van der Waals surface area contributed by atoms with Crippen molar-refractivity contribution < 1.29 is 4.42 Å². The lowest BCUT2D eigenvalue weighted by Crippen LogP contribution is -2.10. The Kier molecular flexibility index (Phi) is 7.85. The Hall–Kier alpha value is -7.16. The molecule has 10 rings (SSSR count). The molecule has 0 bridgehead atoms. The van der Waals surface area contributed by atoms with Crippen molar-refractivity contribution in [2.75, 3.05) is 4.90 Å². The first-order valence-electron chi connectivity index (χ1n) is 18.4. The number of para-hydroxylation sites is 1. The zero-order valence-electron chi connectivity index (χ0n) is 29.6. The molecule has 1 heterocycles. The van der Waals surface area contributed by atoms with Crippen LogP contribution in [0.15, 0.2) is 217 Å². The van der Waals surface area contributed by atoms with Crippen molar-refractivity contribution in [3.63, 3.8) is 0 Å². The van der Waals surface area contributed by atoms with Gasteiger partial charge in [0.1, 0.15) is 11.2 Å². The molecule has 254 valence electrons. The molecule has 1 aromatic heterocycles. The Morgan fingerprint density at radius 2 is 0.759 bits per heavy atom. The minimum atomic E-state index is 0.880. The van der Waals surface area contributed by atoms with Crippen LogP contribution in [-0.2, 0) is 0 Å². The lowest BCUT2D eigenvalue weighted by molar-refractivity contribution is 0.673. The summed E-state index contributed by atoms with van der Waals surface area (Å²) in [5.74, 6) is 0. The molecule has 0 aliphatic rings. The minimum absolute atomic E-state index is 0.880. The van der Waals surface area contributed by atoms with Crippen molar-refractivity contribution in [1.29, 1.82) is 0 Å². The monoisotopic (exact) mass is 689 g/mol. The number of hydrogen-bond acceptors (Lipinski definition) is 2. The molecule has 0 atom stereocenters. The molecule has 0 spiro atoms. The smallest absolute Gasteiger partial charge is 0.143 e. The third kappa shape index (κ3) is 5.62. The lowest BCUT2D eigenvalue weighted by Gasteiger charge is -2.27. The molecule has 0 saturated carbocycles. The van der Waals surface area contributed by atoms with E-state index in [1.807, 2.05) is 0 Å². The molecular weight excluding hydrogens is 655 g/mol. The molecule has 0 N–H and O–H groups in total. The van der Waals surface area contributed by atoms with Gasteiger partial charge in [-0.15, -0.1) is 0 Å². The highest BCUT2D eigenvalue weighted by atomic mass is 16.3. The molecule has 0 unspecified atom stereocenters. The van der Waals surface area contributed by atoms with Crippen molar-refractivity contribution in [3.8, 4) is 44.5 Å². The van der Waals surface area contributed by atoms with E-state index in [2.05, 4.69) is 217 Å². The molecule has 2 nitrogen and oxygen atoms in total. The summed E-state index contributed by atoms with van der Waals surface area (Å²) in [7, 11) is 0. The van der Waals surface area contributed by atoms with E-state index in [0.29, 0.717) is 0 Å². The molecule has 0 saturated heterocycles. The van der Waals surface area contributed by atoms with Crippen LogP contribution >= 0.6 is 0 Å². The van der Waals surface area contributed by atoms with Crippen LogP contribution in [0.1, 0.15) is 0 Å². The van der Waals surface area contributed by atoms with Crippen LogP contribution in [0.5, 0.6) is 0 Å². The predicted molar refractivity (Wildman–Crippen MR) is 228 cm³/mol. The quantitative estimate of drug-likeness (QED) is 0.166. The van der Waals surface area contributed by atoms with E-state index in [9.17, 15) is 0 Å². The second kappa shape index (κ2) is 13.4. The van der Waals surface area contributed by atoms with Crippen LogP contribution in [0, 0.1) is 0 Å². The largest absolute Gasteiger partial charge is 0.455 e. The molecule has 0 fully saturated rings. The van der Waals surface area contributed by atoms with Crippen LogP contribution in [0.3, 0.4) is 0 Å². The topological polar surface area (TPSA) is 16.4 Å². The maximum Gasteiger partial charge on any atom is 0.143 e. The Balaban J connectivity index is 1.11. The summed E-state index contributed by atoms with van der Waals surface area (Å²) < 4.78 is 6.75. The van der Waals surface area contributed by atoms with E-state index >= 15 is 0 Å². The van der Waals surface area contributed by atoms with Crippen molar-refractivity contribution in [2.24, 2.45) is 0 Å². The third-order valence-corrected chi connectivity index (χ3v) is 10.5. The van der Waals surface area contributed by atoms with E-state index in [1.54, 1.807) is 0 Å². The Morgan fingerprint density at radius 1 is 0.315 bits per heavy atom. The second-order valence-corrected chi connectivity index (χ2v) is 13.7. The molecule has 10 aromatic rings. The first-order valence-corrected chi connectivity index (χ1v) is 18.4. The second-order valence-electron chi connectivity index (χ2n) is 13.7. The van der Waals surface area contributed by atoms with Gasteiger partial charge in [0.05, 0.1) is 5.69 Å². The van der Waals surface area contributed by atoms with E-state index in [-0.39, 0.29) is 0 Å². The highest BCUT2D eigenvalue weighted by Crippen LogP contribution is 2.46. The zero-order valence-corrected chi connectivity index (χ0v) is 29.6. The van der Waals surface area contributed by atoms with Crippen molar-refractivity contribution in [2.45, 2.75) is 0 Å². The molecule has 0 aliphatic carbocycles. The number of anilines is 3. The molecule has 54 heavy (non-hydrogen) atoms. The standard InChI is InChI=1S/C52H35NO/c1-4-13-36(14-5-1)38-23-25-40(26-24-38)41-31-33-44(34-32-41)53(43-17-8-3-9-18-43)49-35-48-51-45(42-29-27-39(28-30-42)37-15-6-2-7-16-37)21-12-22-50(51)54-52(48)47-20-11-10-19-46(47)49/h1-35H. The molecule has 0 aliphatic heterocycles. The fraction of sp³-hybridized carbons (Fsp3) is 0. The Labute approximate surface area is 314 Å². The lowest BCUT2D eigenvalue weighted by atomic mass is 9.95. The maximum atomic E-state index is 6.75. The Morgan fingerprint density at radius 3 is 1.33 bits per heavy atom. The van der Waals surface area contributed by atoms with Crippen LogP contribution in [0.25, 0.3) is 77.2 Å². The highest BCUT2D eigenvalue weighted by Gasteiger charge is 2.21. The minimum Gasteiger partial charge on any atom is -0.455 e. The molecule has 0 radical (unpaired) electrons. The summed E-state index contributed by atoms with van der Waals surface area (Å²) in [5, 5.41) is 4.43. The summed E-state index contributed by atoms with van der Waals surface area (Å²) in [4.78, 5) is 2.38. The zero-order chi connectivity index (χ0) is 35.8. The highest BCUT2D eigenvalue weighted by molar-refractivity contribution is 6.22.